The van der Waals surface area contributed by atoms with Crippen LogP contribution in [0.3, 0.4) is 0 Å². The molecule has 1 aromatic carbocycles. The second-order valence-corrected chi connectivity index (χ2v) is 6.62. The predicted molar refractivity (Wildman–Crippen MR) is 90.0 cm³/mol. The minimum Gasteiger partial charge on any atom is -0.374 e. The molecule has 1 heterocycles. The molecule has 0 bridgehead atoms. The van der Waals surface area contributed by atoms with Gasteiger partial charge in [-0.05, 0) is 50.3 Å². The van der Waals surface area contributed by atoms with Crippen LogP contribution in [0.2, 0.25) is 0 Å². The van der Waals surface area contributed by atoms with Gasteiger partial charge in [0.05, 0.1) is 0 Å². The first-order valence-electron chi connectivity index (χ1n) is 8.55. The van der Waals surface area contributed by atoms with Gasteiger partial charge in [-0.2, -0.15) is 0 Å². The minimum absolute atomic E-state index is 0.0455. The molecule has 1 saturated heterocycles. The van der Waals surface area contributed by atoms with Crippen LogP contribution in [0.4, 0.5) is 5.69 Å². The van der Waals surface area contributed by atoms with Crippen LogP contribution in [0.5, 0.6) is 0 Å². The van der Waals surface area contributed by atoms with Crippen molar-refractivity contribution in [3.8, 4) is 0 Å². The SMILES string of the molecule is C[C@H](Nc1cccc(CN2CCCCC2=O)c1)C(=O)NC1CC1. The molecule has 1 aromatic rings. The molecule has 0 spiro atoms. The van der Waals surface area contributed by atoms with Crippen LogP contribution in [0.15, 0.2) is 24.3 Å². The lowest BCUT2D eigenvalue weighted by molar-refractivity contribution is -0.133. The number of likely N-dealkylation sites (tertiary alicyclic amines) is 1. The zero-order valence-electron chi connectivity index (χ0n) is 13.7. The van der Waals surface area contributed by atoms with Gasteiger partial charge in [-0.15, -0.1) is 0 Å². The number of piperidine rings is 1. The summed E-state index contributed by atoms with van der Waals surface area (Å²) in [4.78, 5) is 25.9. The van der Waals surface area contributed by atoms with Crippen LogP contribution in [0, 0.1) is 0 Å². The Hall–Kier alpha value is -2.04. The summed E-state index contributed by atoms with van der Waals surface area (Å²) in [6, 6.07) is 8.11. The number of amides is 2. The van der Waals surface area contributed by atoms with E-state index in [9.17, 15) is 9.59 Å². The third-order valence-corrected chi connectivity index (χ3v) is 4.42. The first-order valence-corrected chi connectivity index (χ1v) is 8.55. The molecule has 5 heteroatoms. The summed E-state index contributed by atoms with van der Waals surface area (Å²) in [7, 11) is 0. The number of carbonyl (C=O) groups is 2. The molecule has 1 saturated carbocycles. The molecule has 23 heavy (non-hydrogen) atoms. The maximum Gasteiger partial charge on any atom is 0.242 e. The summed E-state index contributed by atoms with van der Waals surface area (Å²) in [5.74, 6) is 0.288. The van der Waals surface area contributed by atoms with Crippen molar-refractivity contribution < 1.29 is 9.59 Å². The fraction of sp³-hybridized carbons (Fsp3) is 0.556. The van der Waals surface area contributed by atoms with E-state index < -0.39 is 0 Å². The molecule has 2 aliphatic rings. The second-order valence-electron chi connectivity index (χ2n) is 6.62. The summed E-state index contributed by atoms with van der Waals surface area (Å²) in [5, 5.41) is 6.25. The predicted octanol–water partition coefficient (Wildman–Crippen LogP) is 2.28. The molecule has 2 amide bonds. The highest BCUT2D eigenvalue weighted by atomic mass is 16.2. The topological polar surface area (TPSA) is 61.4 Å². The number of carbonyl (C=O) groups excluding carboxylic acids is 2. The lowest BCUT2D eigenvalue weighted by atomic mass is 10.1. The van der Waals surface area contributed by atoms with Gasteiger partial charge in [-0.3, -0.25) is 9.59 Å². The molecule has 2 fully saturated rings. The van der Waals surface area contributed by atoms with Gasteiger partial charge in [0.1, 0.15) is 6.04 Å². The average molecular weight is 315 g/mol. The Balaban J connectivity index is 1.57. The third kappa shape index (κ3) is 4.47. The van der Waals surface area contributed by atoms with Gasteiger partial charge in [0.15, 0.2) is 0 Å². The lowest BCUT2D eigenvalue weighted by Gasteiger charge is -2.27. The fourth-order valence-corrected chi connectivity index (χ4v) is 2.88. The normalized spacial score (nSPS) is 19.3. The first kappa shape index (κ1) is 15.8. The fourth-order valence-electron chi connectivity index (χ4n) is 2.88. The highest BCUT2D eigenvalue weighted by Gasteiger charge is 2.25. The molecule has 2 N–H and O–H groups in total. The molecule has 1 aliphatic heterocycles. The summed E-state index contributed by atoms with van der Waals surface area (Å²) in [5.41, 5.74) is 2.02. The van der Waals surface area contributed by atoms with E-state index in [0.717, 1.165) is 43.5 Å². The number of nitrogens with zero attached hydrogens (tertiary/aromatic N) is 1. The van der Waals surface area contributed by atoms with Crippen LogP contribution in [-0.2, 0) is 16.1 Å². The Morgan fingerprint density at radius 1 is 1.35 bits per heavy atom. The summed E-state index contributed by atoms with van der Waals surface area (Å²) in [6.07, 6.45) is 4.94. The van der Waals surface area contributed by atoms with Gasteiger partial charge < -0.3 is 15.5 Å². The first-order chi connectivity index (χ1) is 11.1. The zero-order valence-corrected chi connectivity index (χ0v) is 13.7. The van der Waals surface area contributed by atoms with Crippen LogP contribution >= 0.6 is 0 Å². The van der Waals surface area contributed by atoms with Crippen molar-refractivity contribution in [1.29, 1.82) is 0 Å². The van der Waals surface area contributed by atoms with Crippen LogP contribution in [-0.4, -0.2) is 35.3 Å². The van der Waals surface area contributed by atoms with E-state index in [1.807, 2.05) is 36.1 Å². The van der Waals surface area contributed by atoms with Gasteiger partial charge >= 0.3 is 0 Å². The van der Waals surface area contributed by atoms with E-state index in [0.29, 0.717) is 19.0 Å². The molecule has 0 unspecified atom stereocenters. The van der Waals surface area contributed by atoms with E-state index in [1.165, 1.54) is 0 Å². The number of hydrogen-bond donors (Lipinski definition) is 2. The van der Waals surface area contributed by atoms with E-state index in [2.05, 4.69) is 10.6 Å². The van der Waals surface area contributed by atoms with Crippen molar-refractivity contribution in [2.75, 3.05) is 11.9 Å². The summed E-state index contributed by atoms with van der Waals surface area (Å²) >= 11 is 0. The number of anilines is 1. The zero-order chi connectivity index (χ0) is 16.2. The Morgan fingerprint density at radius 3 is 2.91 bits per heavy atom. The summed E-state index contributed by atoms with van der Waals surface area (Å²) in [6.45, 7) is 3.37. The lowest BCUT2D eigenvalue weighted by Crippen LogP contribution is -2.38. The minimum atomic E-state index is -0.262. The van der Waals surface area contributed by atoms with Crippen molar-refractivity contribution in [1.82, 2.24) is 10.2 Å². The van der Waals surface area contributed by atoms with Gasteiger partial charge in [-0.25, -0.2) is 0 Å². The largest absolute Gasteiger partial charge is 0.374 e. The molecular formula is C18H25N3O2. The van der Waals surface area contributed by atoms with Crippen molar-refractivity contribution >= 4 is 17.5 Å². The van der Waals surface area contributed by atoms with Crippen molar-refractivity contribution in [3.63, 3.8) is 0 Å². The molecule has 1 aliphatic carbocycles. The van der Waals surface area contributed by atoms with Crippen molar-refractivity contribution in [2.45, 2.75) is 57.7 Å². The Labute approximate surface area is 137 Å². The average Bonchev–Trinajstić information content (AvgIpc) is 3.34. The van der Waals surface area contributed by atoms with Gasteiger partial charge in [0.2, 0.25) is 11.8 Å². The Kier molecular flexibility index (Phi) is 4.84. The second kappa shape index (κ2) is 7.02. The van der Waals surface area contributed by atoms with Crippen LogP contribution in [0.1, 0.15) is 44.6 Å². The number of rotatable bonds is 6. The number of hydrogen-bond acceptors (Lipinski definition) is 3. The quantitative estimate of drug-likeness (QED) is 0.846. The van der Waals surface area contributed by atoms with E-state index in [4.69, 9.17) is 0 Å². The van der Waals surface area contributed by atoms with Crippen LogP contribution < -0.4 is 10.6 Å². The standard InChI is InChI=1S/C18H25N3O2/c1-13(18(23)20-15-8-9-15)19-16-6-4-5-14(11-16)12-21-10-3-2-7-17(21)22/h4-6,11,13,15,19H,2-3,7-10,12H2,1H3,(H,20,23)/t13-/m0/s1. The molecule has 5 nitrogen and oxygen atoms in total. The van der Waals surface area contributed by atoms with Gasteiger partial charge in [-0.1, -0.05) is 12.1 Å². The summed E-state index contributed by atoms with van der Waals surface area (Å²) < 4.78 is 0. The highest BCUT2D eigenvalue weighted by molar-refractivity contribution is 5.84. The van der Waals surface area contributed by atoms with Gasteiger partial charge in [0, 0.05) is 31.2 Å². The third-order valence-electron chi connectivity index (χ3n) is 4.42. The molecule has 0 aromatic heterocycles. The van der Waals surface area contributed by atoms with E-state index >= 15 is 0 Å². The van der Waals surface area contributed by atoms with Crippen molar-refractivity contribution in [3.05, 3.63) is 29.8 Å². The van der Waals surface area contributed by atoms with E-state index in [-0.39, 0.29) is 17.9 Å². The molecule has 1 atom stereocenters. The maximum atomic E-state index is 12.0. The molecule has 0 radical (unpaired) electrons. The Bertz CT molecular complexity index is 583. The molecular weight excluding hydrogens is 290 g/mol. The van der Waals surface area contributed by atoms with E-state index in [1.54, 1.807) is 0 Å². The van der Waals surface area contributed by atoms with Crippen LogP contribution in [0.25, 0.3) is 0 Å². The molecule has 3 rings (SSSR count). The Morgan fingerprint density at radius 2 is 2.17 bits per heavy atom. The maximum absolute atomic E-state index is 12.0. The molecule has 124 valence electrons. The van der Waals surface area contributed by atoms with Crippen molar-refractivity contribution in [2.24, 2.45) is 0 Å². The highest BCUT2D eigenvalue weighted by Crippen LogP contribution is 2.20. The monoisotopic (exact) mass is 315 g/mol. The van der Waals surface area contributed by atoms with Gasteiger partial charge in [0.25, 0.3) is 0 Å². The number of nitrogens with one attached hydrogen (secondary N) is 2. The number of benzene rings is 1. The smallest absolute Gasteiger partial charge is 0.242 e.